The van der Waals surface area contributed by atoms with Gasteiger partial charge in [-0.25, -0.2) is 4.79 Å². The summed E-state index contributed by atoms with van der Waals surface area (Å²) in [5.41, 5.74) is 1.20. The Labute approximate surface area is 125 Å². The minimum absolute atomic E-state index is 0.0209. The average Bonchev–Trinajstić information content (AvgIpc) is 2.49. The van der Waals surface area contributed by atoms with Crippen molar-refractivity contribution in [2.75, 3.05) is 25.0 Å². The van der Waals surface area contributed by atoms with Gasteiger partial charge in [0.25, 0.3) is 0 Å². The molecule has 1 fully saturated rings. The van der Waals surface area contributed by atoms with Gasteiger partial charge in [-0.2, -0.15) is 0 Å². The zero-order valence-corrected chi connectivity index (χ0v) is 12.4. The number of piperidine rings is 1. The molecular weight excluding hydrogens is 268 g/mol. The Kier molecular flexibility index (Phi) is 5.75. The summed E-state index contributed by atoms with van der Waals surface area (Å²) in [4.78, 5) is 23.5. The van der Waals surface area contributed by atoms with E-state index in [2.05, 4.69) is 10.6 Å². The number of anilines is 1. The molecule has 2 N–H and O–H groups in total. The molecule has 0 bridgehead atoms. The topological polar surface area (TPSA) is 67.4 Å². The molecule has 1 amide bonds. The maximum absolute atomic E-state index is 12.0. The molecule has 1 heterocycles. The van der Waals surface area contributed by atoms with Crippen LogP contribution in [0.15, 0.2) is 24.3 Å². The highest BCUT2D eigenvalue weighted by atomic mass is 16.5. The van der Waals surface area contributed by atoms with Crippen molar-refractivity contribution < 1.29 is 14.3 Å². The van der Waals surface area contributed by atoms with Crippen LogP contribution in [0.1, 0.15) is 36.5 Å². The van der Waals surface area contributed by atoms with Crippen LogP contribution in [0, 0.1) is 5.92 Å². The molecule has 0 aliphatic carbocycles. The Hall–Kier alpha value is -1.88. The van der Waals surface area contributed by atoms with E-state index < -0.39 is 0 Å². The van der Waals surface area contributed by atoms with E-state index in [1.165, 1.54) is 0 Å². The van der Waals surface area contributed by atoms with Crippen LogP contribution in [-0.4, -0.2) is 31.6 Å². The normalized spacial score (nSPS) is 18.0. The van der Waals surface area contributed by atoms with Crippen LogP contribution >= 0.6 is 0 Å². The van der Waals surface area contributed by atoms with Gasteiger partial charge in [-0.15, -0.1) is 0 Å². The van der Waals surface area contributed by atoms with Gasteiger partial charge in [0.2, 0.25) is 5.91 Å². The predicted octanol–water partition coefficient (Wildman–Crippen LogP) is 2.19. The number of hydrogen-bond acceptors (Lipinski definition) is 4. The van der Waals surface area contributed by atoms with Gasteiger partial charge in [-0.3, -0.25) is 4.79 Å². The van der Waals surface area contributed by atoms with Gasteiger partial charge < -0.3 is 15.4 Å². The van der Waals surface area contributed by atoms with Gasteiger partial charge in [0.1, 0.15) is 0 Å². The van der Waals surface area contributed by atoms with Crippen LogP contribution in [0.5, 0.6) is 0 Å². The fourth-order valence-electron chi connectivity index (χ4n) is 2.48. The van der Waals surface area contributed by atoms with Crippen molar-refractivity contribution >= 4 is 17.6 Å². The van der Waals surface area contributed by atoms with E-state index >= 15 is 0 Å². The van der Waals surface area contributed by atoms with Crippen LogP contribution in [0.2, 0.25) is 0 Å². The first kappa shape index (κ1) is 15.5. The maximum Gasteiger partial charge on any atom is 0.338 e. The first-order valence-corrected chi connectivity index (χ1v) is 7.46. The molecule has 21 heavy (non-hydrogen) atoms. The number of nitrogens with one attached hydrogen (secondary N) is 2. The Morgan fingerprint density at radius 1 is 1.33 bits per heavy atom. The van der Waals surface area contributed by atoms with E-state index in [0.717, 1.165) is 25.9 Å². The number of hydrogen-bond donors (Lipinski definition) is 2. The van der Waals surface area contributed by atoms with Gasteiger partial charge in [0.15, 0.2) is 0 Å². The standard InChI is InChI=1S/C16H22N2O3/c1-2-21-16(20)13-5-7-14(8-6-13)18-15(19)10-12-4-3-9-17-11-12/h5-8,12,17H,2-4,9-11H2,1H3,(H,18,19). The molecule has 0 spiro atoms. The first-order valence-electron chi connectivity index (χ1n) is 7.46. The molecule has 1 aromatic carbocycles. The summed E-state index contributed by atoms with van der Waals surface area (Å²) in [7, 11) is 0. The molecule has 5 nitrogen and oxygen atoms in total. The summed E-state index contributed by atoms with van der Waals surface area (Å²) in [5.74, 6) is 0.0915. The molecule has 1 unspecified atom stereocenters. The summed E-state index contributed by atoms with van der Waals surface area (Å²) in [6.45, 7) is 4.09. The molecule has 1 saturated heterocycles. The van der Waals surface area contributed by atoms with Crippen molar-refractivity contribution in [1.29, 1.82) is 0 Å². The Morgan fingerprint density at radius 2 is 2.10 bits per heavy atom. The molecular formula is C16H22N2O3. The summed E-state index contributed by atoms with van der Waals surface area (Å²) in [6, 6.07) is 6.78. The fraction of sp³-hybridized carbons (Fsp3) is 0.500. The molecule has 0 saturated carbocycles. The lowest BCUT2D eigenvalue weighted by atomic mass is 9.96. The van der Waals surface area contributed by atoms with Crippen LogP contribution in [0.25, 0.3) is 0 Å². The summed E-state index contributed by atoms with van der Waals surface area (Å²) >= 11 is 0. The Morgan fingerprint density at radius 3 is 2.71 bits per heavy atom. The number of esters is 1. The predicted molar refractivity (Wildman–Crippen MR) is 81.2 cm³/mol. The summed E-state index contributed by atoms with van der Waals surface area (Å²) < 4.78 is 4.92. The minimum atomic E-state index is -0.344. The van der Waals surface area contributed by atoms with E-state index in [-0.39, 0.29) is 11.9 Å². The molecule has 1 aliphatic rings. The summed E-state index contributed by atoms with van der Waals surface area (Å²) in [5, 5.41) is 6.17. The number of carbonyl (C=O) groups is 2. The van der Waals surface area contributed by atoms with Crippen LogP contribution < -0.4 is 10.6 Å². The van der Waals surface area contributed by atoms with Crippen molar-refractivity contribution in [3.8, 4) is 0 Å². The summed E-state index contributed by atoms with van der Waals surface area (Å²) in [6.07, 6.45) is 2.76. The van der Waals surface area contributed by atoms with Gasteiger partial charge >= 0.3 is 5.97 Å². The quantitative estimate of drug-likeness (QED) is 0.816. The zero-order valence-electron chi connectivity index (χ0n) is 12.4. The highest BCUT2D eigenvalue weighted by molar-refractivity contribution is 5.93. The molecule has 2 rings (SSSR count). The molecule has 114 valence electrons. The van der Waals surface area contributed by atoms with E-state index in [1.807, 2.05) is 0 Å². The second kappa shape index (κ2) is 7.78. The smallest absolute Gasteiger partial charge is 0.338 e. The molecule has 1 aromatic rings. The SMILES string of the molecule is CCOC(=O)c1ccc(NC(=O)CC2CCCNC2)cc1. The van der Waals surface area contributed by atoms with Crippen molar-refractivity contribution in [2.45, 2.75) is 26.2 Å². The average molecular weight is 290 g/mol. The largest absolute Gasteiger partial charge is 0.462 e. The van der Waals surface area contributed by atoms with Crippen molar-refractivity contribution in [2.24, 2.45) is 5.92 Å². The number of rotatable bonds is 5. The fourth-order valence-corrected chi connectivity index (χ4v) is 2.48. The molecule has 1 aliphatic heterocycles. The van der Waals surface area contributed by atoms with E-state index in [4.69, 9.17) is 4.74 Å². The highest BCUT2D eigenvalue weighted by Gasteiger charge is 2.16. The van der Waals surface area contributed by atoms with Crippen LogP contribution in [-0.2, 0) is 9.53 Å². The number of carbonyl (C=O) groups excluding carboxylic acids is 2. The monoisotopic (exact) mass is 290 g/mol. The Balaban J connectivity index is 1.84. The molecule has 0 radical (unpaired) electrons. The lowest BCUT2D eigenvalue weighted by Gasteiger charge is -2.22. The van der Waals surface area contributed by atoms with Gasteiger partial charge in [0.05, 0.1) is 12.2 Å². The number of benzene rings is 1. The van der Waals surface area contributed by atoms with Crippen molar-refractivity contribution in [3.05, 3.63) is 29.8 Å². The van der Waals surface area contributed by atoms with Crippen molar-refractivity contribution in [1.82, 2.24) is 5.32 Å². The van der Waals surface area contributed by atoms with Gasteiger partial charge in [-0.05, 0) is 63.0 Å². The maximum atomic E-state index is 12.0. The lowest BCUT2D eigenvalue weighted by molar-refractivity contribution is -0.117. The molecule has 0 aromatic heterocycles. The van der Waals surface area contributed by atoms with E-state index in [1.54, 1.807) is 31.2 Å². The zero-order chi connectivity index (χ0) is 15.1. The van der Waals surface area contributed by atoms with Crippen molar-refractivity contribution in [3.63, 3.8) is 0 Å². The highest BCUT2D eigenvalue weighted by Crippen LogP contribution is 2.16. The second-order valence-corrected chi connectivity index (χ2v) is 5.26. The number of amides is 1. The third kappa shape index (κ3) is 4.86. The van der Waals surface area contributed by atoms with E-state index in [9.17, 15) is 9.59 Å². The third-order valence-corrected chi connectivity index (χ3v) is 3.55. The third-order valence-electron chi connectivity index (χ3n) is 3.55. The first-order chi connectivity index (χ1) is 10.2. The van der Waals surface area contributed by atoms with Crippen LogP contribution in [0.3, 0.4) is 0 Å². The second-order valence-electron chi connectivity index (χ2n) is 5.26. The lowest BCUT2D eigenvalue weighted by Crippen LogP contribution is -2.32. The molecule has 5 heteroatoms. The van der Waals surface area contributed by atoms with Gasteiger partial charge in [0, 0.05) is 12.1 Å². The number of ether oxygens (including phenoxy) is 1. The molecule has 1 atom stereocenters. The van der Waals surface area contributed by atoms with Gasteiger partial charge in [-0.1, -0.05) is 0 Å². The Bertz CT molecular complexity index is 479. The van der Waals surface area contributed by atoms with Crippen LogP contribution in [0.4, 0.5) is 5.69 Å². The van der Waals surface area contributed by atoms with E-state index in [0.29, 0.717) is 30.2 Å². The minimum Gasteiger partial charge on any atom is -0.462 e.